The second-order valence-corrected chi connectivity index (χ2v) is 20.5. The van der Waals surface area contributed by atoms with Crippen molar-refractivity contribution in [1.82, 2.24) is 5.32 Å². The Morgan fingerprint density at radius 1 is 0.234 bits per heavy atom. The highest BCUT2D eigenvalue weighted by molar-refractivity contribution is 5.00. The summed E-state index contributed by atoms with van der Waals surface area (Å²) in [6.45, 7) is 0. The van der Waals surface area contributed by atoms with Crippen molar-refractivity contribution in [2.45, 2.75) is 205 Å². The van der Waals surface area contributed by atoms with Gasteiger partial charge in [0.2, 0.25) is 0 Å². The monoisotopic (exact) mass is 644 g/mol. The van der Waals surface area contributed by atoms with Crippen molar-refractivity contribution in [3.05, 3.63) is 0 Å². The third kappa shape index (κ3) is 6.84. The van der Waals surface area contributed by atoms with Gasteiger partial charge in [0.25, 0.3) is 0 Å². The number of hydrogen-bond acceptors (Lipinski definition) is 1. The van der Waals surface area contributed by atoms with Crippen LogP contribution >= 0.6 is 0 Å². The molecule has 0 amide bonds. The van der Waals surface area contributed by atoms with Crippen LogP contribution in [0.15, 0.2) is 0 Å². The average molecular weight is 644 g/mol. The SMILES string of the molecule is C1CCC2C(C1)CC(C1CCC(NC3CCC(C4CCC(C5C6CCCCC6CC6CCCCC65)CC4)CC3)CC1)C1CCCCC21. The first-order valence-electron chi connectivity index (χ1n) is 23.0. The number of fused-ring (bicyclic) bond motifs is 5. The molecule has 0 spiro atoms. The summed E-state index contributed by atoms with van der Waals surface area (Å²) in [5.74, 6) is 15.6. The zero-order chi connectivity index (χ0) is 31.2. The van der Waals surface area contributed by atoms with Crippen molar-refractivity contribution in [3.63, 3.8) is 0 Å². The predicted molar refractivity (Wildman–Crippen MR) is 198 cm³/mol. The van der Waals surface area contributed by atoms with E-state index in [1.165, 1.54) is 25.7 Å². The van der Waals surface area contributed by atoms with Crippen LogP contribution in [0.3, 0.4) is 0 Å². The summed E-state index contributed by atoms with van der Waals surface area (Å²) in [5.41, 5.74) is 0. The summed E-state index contributed by atoms with van der Waals surface area (Å²) in [6.07, 6.45) is 47.2. The van der Waals surface area contributed by atoms with Gasteiger partial charge in [-0.15, -0.1) is 0 Å². The summed E-state index contributed by atoms with van der Waals surface area (Å²) in [7, 11) is 0. The zero-order valence-electron chi connectivity index (χ0n) is 31.0. The molecule has 9 saturated carbocycles. The Hall–Kier alpha value is -0.0400. The van der Waals surface area contributed by atoms with E-state index >= 15 is 0 Å². The van der Waals surface area contributed by atoms with Crippen LogP contribution in [-0.2, 0) is 0 Å². The average Bonchev–Trinajstić information content (AvgIpc) is 3.14. The molecule has 0 radical (unpaired) electrons. The molecule has 0 saturated heterocycles. The quantitative estimate of drug-likeness (QED) is 0.314. The fourth-order valence-corrected chi connectivity index (χ4v) is 16.7. The van der Waals surface area contributed by atoms with Gasteiger partial charge >= 0.3 is 0 Å². The highest BCUT2D eigenvalue weighted by Gasteiger charge is 2.50. The maximum absolute atomic E-state index is 4.31. The van der Waals surface area contributed by atoms with Gasteiger partial charge in [0.1, 0.15) is 0 Å². The lowest BCUT2D eigenvalue weighted by molar-refractivity contribution is -0.0534. The minimum absolute atomic E-state index is 0.846. The van der Waals surface area contributed by atoms with E-state index in [1.807, 2.05) is 0 Å². The first-order chi connectivity index (χ1) is 23.3. The van der Waals surface area contributed by atoms with Crippen LogP contribution in [0.1, 0.15) is 193 Å². The molecule has 9 atom stereocenters. The standard InChI is InChI=1S/C46H77N/c1-4-12-40-37(11-1)30-45(44-16-8-7-15-43(40)44)33-23-27-39(28-24-33)47-38-25-21-32(22-26-38)31-17-19-34(20-18-31)46-41-13-5-2-9-35(41)29-36-10-3-6-14-42(36)46/h31-47H,1-30H2. The molecular formula is C46H77N. The maximum Gasteiger partial charge on any atom is 0.00698 e. The Balaban J connectivity index is 0.728. The van der Waals surface area contributed by atoms with Crippen LogP contribution in [0.2, 0.25) is 0 Å². The van der Waals surface area contributed by atoms with Gasteiger partial charge in [-0.1, -0.05) is 70.6 Å². The Morgan fingerprint density at radius 2 is 0.617 bits per heavy atom. The van der Waals surface area contributed by atoms with Crippen LogP contribution in [0.25, 0.3) is 0 Å². The number of rotatable bonds is 5. The van der Waals surface area contributed by atoms with E-state index in [2.05, 4.69) is 5.32 Å². The lowest BCUT2D eigenvalue weighted by atomic mass is 9.50. The van der Waals surface area contributed by atoms with E-state index in [0.29, 0.717) is 0 Å². The molecule has 0 aromatic carbocycles. The van der Waals surface area contributed by atoms with Gasteiger partial charge in [-0.3, -0.25) is 0 Å². The Bertz CT molecular complexity index is 957. The van der Waals surface area contributed by atoms with Crippen LogP contribution in [0.4, 0.5) is 0 Å². The molecule has 9 aliphatic rings. The van der Waals surface area contributed by atoms with Crippen molar-refractivity contribution in [1.29, 1.82) is 0 Å². The van der Waals surface area contributed by atoms with Gasteiger partial charge < -0.3 is 5.32 Å². The number of nitrogens with one attached hydrogen (secondary N) is 1. The maximum atomic E-state index is 4.31. The van der Waals surface area contributed by atoms with E-state index in [4.69, 9.17) is 0 Å². The molecule has 266 valence electrons. The van der Waals surface area contributed by atoms with Gasteiger partial charge in [-0.2, -0.15) is 0 Å². The van der Waals surface area contributed by atoms with Crippen LogP contribution in [-0.4, -0.2) is 12.1 Å². The molecule has 0 bridgehead atoms. The molecule has 1 N–H and O–H groups in total. The lowest BCUT2D eigenvalue weighted by Gasteiger charge is -2.55. The van der Waals surface area contributed by atoms with Crippen molar-refractivity contribution in [3.8, 4) is 0 Å². The first-order valence-corrected chi connectivity index (χ1v) is 23.0. The highest BCUT2D eigenvalue weighted by atomic mass is 15.0. The normalized spacial score (nSPS) is 52.3. The van der Waals surface area contributed by atoms with Crippen LogP contribution < -0.4 is 5.32 Å². The summed E-state index contributed by atoms with van der Waals surface area (Å²) in [5, 5.41) is 4.31. The van der Waals surface area contributed by atoms with Crippen LogP contribution in [0, 0.1) is 82.9 Å². The minimum atomic E-state index is 0.846. The van der Waals surface area contributed by atoms with Crippen LogP contribution in [0.5, 0.6) is 0 Å². The molecule has 9 aliphatic carbocycles. The second kappa shape index (κ2) is 14.9. The van der Waals surface area contributed by atoms with Crippen molar-refractivity contribution >= 4 is 0 Å². The molecule has 47 heavy (non-hydrogen) atoms. The molecule has 0 aromatic heterocycles. The second-order valence-electron chi connectivity index (χ2n) is 20.5. The fourth-order valence-electron chi connectivity index (χ4n) is 16.7. The molecule has 0 aromatic rings. The molecule has 0 heterocycles. The van der Waals surface area contributed by atoms with E-state index in [9.17, 15) is 0 Å². The van der Waals surface area contributed by atoms with Gasteiger partial charge in [0, 0.05) is 12.1 Å². The molecule has 1 nitrogen and oxygen atoms in total. The fraction of sp³-hybridized carbons (Fsp3) is 1.00. The number of hydrogen-bond donors (Lipinski definition) is 1. The summed E-state index contributed by atoms with van der Waals surface area (Å²) >= 11 is 0. The van der Waals surface area contributed by atoms with Gasteiger partial charge in [-0.25, -0.2) is 0 Å². The van der Waals surface area contributed by atoms with E-state index in [-0.39, 0.29) is 0 Å². The summed E-state index contributed by atoms with van der Waals surface area (Å²) in [6, 6.07) is 1.69. The van der Waals surface area contributed by atoms with E-state index < -0.39 is 0 Å². The minimum Gasteiger partial charge on any atom is -0.311 e. The molecule has 9 rings (SSSR count). The zero-order valence-corrected chi connectivity index (χ0v) is 31.0. The third-order valence-corrected chi connectivity index (χ3v) is 18.7. The molecule has 1 heteroatoms. The Kier molecular flexibility index (Phi) is 10.4. The smallest absolute Gasteiger partial charge is 0.00698 e. The van der Waals surface area contributed by atoms with Gasteiger partial charge in [-0.05, 0) is 205 Å². The first kappa shape index (κ1) is 32.8. The summed E-state index contributed by atoms with van der Waals surface area (Å²) in [4.78, 5) is 0. The van der Waals surface area contributed by atoms with Crippen molar-refractivity contribution in [2.24, 2.45) is 82.9 Å². The largest absolute Gasteiger partial charge is 0.311 e. The topological polar surface area (TPSA) is 12.0 Å². The Labute approximate surface area is 292 Å². The Morgan fingerprint density at radius 3 is 1.17 bits per heavy atom. The lowest BCUT2D eigenvalue weighted by Crippen LogP contribution is -2.48. The molecular weight excluding hydrogens is 567 g/mol. The third-order valence-electron chi connectivity index (χ3n) is 18.7. The molecule has 9 unspecified atom stereocenters. The highest BCUT2D eigenvalue weighted by Crippen LogP contribution is 2.59. The van der Waals surface area contributed by atoms with Gasteiger partial charge in [0.05, 0.1) is 0 Å². The van der Waals surface area contributed by atoms with E-state index in [1.54, 1.807) is 167 Å². The van der Waals surface area contributed by atoms with Crippen molar-refractivity contribution in [2.75, 3.05) is 0 Å². The van der Waals surface area contributed by atoms with E-state index in [0.717, 1.165) is 94.9 Å². The predicted octanol–water partition coefficient (Wildman–Crippen LogP) is 12.8. The van der Waals surface area contributed by atoms with Gasteiger partial charge in [0.15, 0.2) is 0 Å². The molecule has 0 aliphatic heterocycles. The summed E-state index contributed by atoms with van der Waals surface area (Å²) < 4.78 is 0. The van der Waals surface area contributed by atoms with Crippen molar-refractivity contribution < 1.29 is 0 Å². The molecule has 9 fully saturated rings.